The minimum absolute atomic E-state index is 0.477. The zero-order valence-electron chi connectivity index (χ0n) is 9.76. The molecule has 1 heterocycles. The van der Waals surface area contributed by atoms with E-state index in [1.54, 1.807) is 0 Å². The number of nitriles is 1. The normalized spacial score (nSPS) is 22.9. The lowest BCUT2D eigenvalue weighted by atomic mass is 10.1. The molecule has 84 valence electrons. The summed E-state index contributed by atoms with van der Waals surface area (Å²) >= 11 is 0. The van der Waals surface area contributed by atoms with Gasteiger partial charge in [0.25, 0.3) is 0 Å². The summed E-state index contributed by atoms with van der Waals surface area (Å²) in [7, 11) is 0. The third kappa shape index (κ3) is 2.43. The van der Waals surface area contributed by atoms with Gasteiger partial charge in [-0.1, -0.05) is 30.3 Å². The first-order chi connectivity index (χ1) is 7.81. The van der Waals surface area contributed by atoms with Crippen molar-refractivity contribution < 1.29 is 0 Å². The maximum atomic E-state index is 8.70. The molecule has 0 spiro atoms. The summed E-state index contributed by atoms with van der Waals surface area (Å²) < 4.78 is 0. The van der Waals surface area contributed by atoms with Gasteiger partial charge in [0.05, 0.1) is 6.07 Å². The molecule has 0 aromatic heterocycles. The summed E-state index contributed by atoms with van der Waals surface area (Å²) in [5.41, 5.74) is 1.38. The third-order valence-corrected chi connectivity index (χ3v) is 3.53. The Hall–Kier alpha value is -1.33. The maximum Gasteiger partial charge on any atom is 0.0625 e. The van der Waals surface area contributed by atoms with Crippen LogP contribution in [0.25, 0.3) is 0 Å². The van der Waals surface area contributed by atoms with E-state index in [2.05, 4.69) is 48.2 Å². The molecular weight excluding hydrogens is 196 g/mol. The third-order valence-electron chi connectivity index (χ3n) is 3.53. The molecule has 0 bridgehead atoms. The van der Waals surface area contributed by atoms with Gasteiger partial charge in [0, 0.05) is 19.0 Å². The minimum Gasteiger partial charge on any atom is -0.296 e. The Morgan fingerprint density at radius 1 is 1.44 bits per heavy atom. The van der Waals surface area contributed by atoms with Crippen molar-refractivity contribution in [3.05, 3.63) is 35.9 Å². The van der Waals surface area contributed by atoms with Crippen LogP contribution < -0.4 is 0 Å². The molecule has 16 heavy (non-hydrogen) atoms. The molecule has 0 aliphatic carbocycles. The van der Waals surface area contributed by atoms with E-state index in [9.17, 15) is 0 Å². The molecule has 1 aromatic carbocycles. The van der Waals surface area contributed by atoms with Crippen molar-refractivity contribution in [2.45, 2.75) is 25.8 Å². The van der Waals surface area contributed by atoms with Crippen molar-refractivity contribution in [1.29, 1.82) is 5.26 Å². The second-order valence-electron chi connectivity index (χ2n) is 4.60. The van der Waals surface area contributed by atoms with Crippen LogP contribution in [0.1, 0.15) is 31.4 Å². The maximum absolute atomic E-state index is 8.70. The quantitative estimate of drug-likeness (QED) is 0.773. The molecule has 0 unspecified atom stereocenters. The van der Waals surface area contributed by atoms with Crippen LogP contribution >= 0.6 is 0 Å². The standard InChI is InChI=1S/C14H18N2/c1-12(14-5-3-2-4-6-14)16-10-8-13(11-16)7-9-15/h2-6,12-13H,7-8,10-11H2,1H3/t12-,13-/m0/s1. The molecule has 2 rings (SSSR count). The molecule has 0 N–H and O–H groups in total. The van der Waals surface area contributed by atoms with Crippen molar-refractivity contribution in [2.24, 2.45) is 5.92 Å². The molecule has 1 aliphatic heterocycles. The van der Waals surface area contributed by atoms with Crippen LogP contribution in [0.4, 0.5) is 0 Å². The van der Waals surface area contributed by atoms with Gasteiger partial charge < -0.3 is 0 Å². The fraction of sp³-hybridized carbons (Fsp3) is 0.500. The van der Waals surface area contributed by atoms with Crippen LogP contribution in [0.2, 0.25) is 0 Å². The van der Waals surface area contributed by atoms with Crippen LogP contribution in [0.15, 0.2) is 30.3 Å². The monoisotopic (exact) mass is 214 g/mol. The van der Waals surface area contributed by atoms with Gasteiger partial charge >= 0.3 is 0 Å². The van der Waals surface area contributed by atoms with Gasteiger partial charge in [0.2, 0.25) is 0 Å². The van der Waals surface area contributed by atoms with Crippen molar-refractivity contribution in [3.63, 3.8) is 0 Å². The molecule has 1 fully saturated rings. The van der Waals surface area contributed by atoms with Crippen LogP contribution in [0.5, 0.6) is 0 Å². The van der Waals surface area contributed by atoms with Gasteiger partial charge in [-0.25, -0.2) is 0 Å². The molecule has 1 aliphatic rings. The van der Waals surface area contributed by atoms with E-state index in [4.69, 9.17) is 5.26 Å². The lowest BCUT2D eigenvalue weighted by molar-refractivity contribution is 0.253. The molecule has 1 saturated heterocycles. The summed E-state index contributed by atoms with van der Waals surface area (Å²) in [6.07, 6.45) is 1.88. The first kappa shape index (κ1) is 11.2. The van der Waals surface area contributed by atoms with Crippen LogP contribution in [0, 0.1) is 17.2 Å². The number of hydrogen-bond acceptors (Lipinski definition) is 2. The molecule has 0 saturated carbocycles. The minimum atomic E-state index is 0.477. The molecule has 2 heteroatoms. The Bertz CT molecular complexity index is 366. The number of benzene rings is 1. The molecule has 2 nitrogen and oxygen atoms in total. The average molecular weight is 214 g/mol. The van der Waals surface area contributed by atoms with E-state index in [0.717, 1.165) is 13.1 Å². The van der Waals surface area contributed by atoms with Gasteiger partial charge in [-0.15, -0.1) is 0 Å². The van der Waals surface area contributed by atoms with E-state index < -0.39 is 0 Å². The summed E-state index contributed by atoms with van der Waals surface area (Å²) in [6.45, 7) is 4.45. The van der Waals surface area contributed by atoms with Gasteiger partial charge in [-0.05, 0) is 31.4 Å². The summed E-state index contributed by atoms with van der Waals surface area (Å²) in [5, 5.41) is 8.70. The van der Waals surface area contributed by atoms with Crippen molar-refractivity contribution in [1.82, 2.24) is 4.90 Å². The zero-order valence-corrected chi connectivity index (χ0v) is 9.76. The average Bonchev–Trinajstić information content (AvgIpc) is 2.78. The SMILES string of the molecule is C[C@@H](c1ccccc1)N1CC[C@H](CC#N)C1. The fourth-order valence-corrected chi connectivity index (χ4v) is 2.45. The fourth-order valence-electron chi connectivity index (χ4n) is 2.45. The smallest absolute Gasteiger partial charge is 0.0625 e. The largest absolute Gasteiger partial charge is 0.296 e. The lowest BCUT2D eigenvalue weighted by Crippen LogP contribution is -2.24. The highest BCUT2D eigenvalue weighted by Gasteiger charge is 2.26. The predicted octanol–water partition coefficient (Wildman–Crippen LogP) is 2.98. The van der Waals surface area contributed by atoms with Crippen molar-refractivity contribution >= 4 is 0 Å². The molecule has 0 radical (unpaired) electrons. The Morgan fingerprint density at radius 3 is 2.88 bits per heavy atom. The summed E-state index contributed by atoms with van der Waals surface area (Å²) in [5.74, 6) is 0.580. The highest BCUT2D eigenvalue weighted by Crippen LogP contribution is 2.28. The number of likely N-dealkylation sites (tertiary alicyclic amines) is 1. The topological polar surface area (TPSA) is 27.0 Å². The van der Waals surface area contributed by atoms with Gasteiger partial charge in [0.1, 0.15) is 0 Å². The first-order valence-electron chi connectivity index (χ1n) is 5.97. The summed E-state index contributed by atoms with van der Waals surface area (Å²) in [6, 6.07) is 13.4. The van der Waals surface area contributed by atoms with E-state index in [1.807, 2.05) is 0 Å². The first-order valence-corrected chi connectivity index (χ1v) is 5.97. The number of rotatable bonds is 3. The van der Waals surface area contributed by atoms with E-state index in [-0.39, 0.29) is 0 Å². The van der Waals surface area contributed by atoms with E-state index in [0.29, 0.717) is 18.4 Å². The number of hydrogen-bond donors (Lipinski definition) is 0. The van der Waals surface area contributed by atoms with Crippen molar-refractivity contribution in [3.8, 4) is 6.07 Å². The van der Waals surface area contributed by atoms with E-state index >= 15 is 0 Å². The van der Waals surface area contributed by atoms with Gasteiger partial charge in [0.15, 0.2) is 0 Å². The Balaban J connectivity index is 1.97. The lowest BCUT2D eigenvalue weighted by Gasteiger charge is -2.24. The van der Waals surface area contributed by atoms with E-state index in [1.165, 1.54) is 12.0 Å². The molecule has 0 amide bonds. The highest BCUT2D eigenvalue weighted by molar-refractivity contribution is 5.18. The summed E-state index contributed by atoms with van der Waals surface area (Å²) in [4.78, 5) is 2.48. The predicted molar refractivity (Wildman–Crippen MR) is 64.8 cm³/mol. The number of nitrogens with zero attached hydrogens (tertiary/aromatic N) is 2. The molecule has 2 atom stereocenters. The Kier molecular flexibility index (Phi) is 3.58. The highest BCUT2D eigenvalue weighted by atomic mass is 15.2. The molecule has 1 aromatic rings. The second kappa shape index (κ2) is 5.14. The van der Waals surface area contributed by atoms with Crippen LogP contribution in [-0.4, -0.2) is 18.0 Å². The Morgan fingerprint density at radius 2 is 2.19 bits per heavy atom. The Labute approximate surface area is 97.5 Å². The van der Waals surface area contributed by atoms with Crippen LogP contribution in [-0.2, 0) is 0 Å². The van der Waals surface area contributed by atoms with Crippen molar-refractivity contribution in [2.75, 3.05) is 13.1 Å². The molecular formula is C14H18N2. The van der Waals surface area contributed by atoms with Gasteiger partial charge in [-0.2, -0.15) is 5.26 Å². The van der Waals surface area contributed by atoms with Gasteiger partial charge in [-0.3, -0.25) is 4.90 Å². The van der Waals surface area contributed by atoms with Crippen LogP contribution in [0.3, 0.4) is 0 Å². The zero-order chi connectivity index (χ0) is 11.4. The second-order valence-corrected chi connectivity index (χ2v) is 4.60.